The van der Waals surface area contributed by atoms with Crippen LogP contribution >= 0.6 is 0 Å². The first-order valence-electron chi connectivity index (χ1n) is 6.97. The van der Waals surface area contributed by atoms with Gasteiger partial charge in [-0.2, -0.15) is 0 Å². The normalized spacial score (nSPS) is 14.3. The molecule has 0 radical (unpaired) electrons. The quantitative estimate of drug-likeness (QED) is 0.783. The predicted molar refractivity (Wildman–Crippen MR) is 72.9 cm³/mol. The van der Waals surface area contributed by atoms with Crippen molar-refractivity contribution in [3.05, 3.63) is 17.6 Å². The number of aliphatic hydroxyl groups excluding tert-OH is 1. The van der Waals surface area contributed by atoms with E-state index in [1.54, 1.807) is 6.33 Å². The molecule has 1 aliphatic carbocycles. The van der Waals surface area contributed by atoms with E-state index in [9.17, 15) is 0 Å². The summed E-state index contributed by atoms with van der Waals surface area (Å²) in [5.41, 5.74) is 2.60. The fourth-order valence-electron chi connectivity index (χ4n) is 2.58. The van der Waals surface area contributed by atoms with Crippen LogP contribution in [0.25, 0.3) is 0 Å². The zero-order valence-corrected chi connectivity index (χ0v) is 11.2. The van der Waals surface area contributed by atoms with Crippen LogP contribution in [0.15, 0.2) is 6.33 Å². The molecule has 1 aliphatic rings. The Hall–Kier alpha value is -1.16. The lowest BCUT2D eigenvalue weighted by molar-refractivity contribution is 0.283. The molecule has 0 fully saturated rings. The van der Waals surface area contributed by atoms with E-state index in [-0.39, 0.29) is 0 Å². The lowest BCUT2D eigenvalue weighted by atomic mass is 9.96. The zero-order chi connectivity index (χ0) is 12.8. The maximum absolute atomic E-state index is 8.77. The van der Waals surface area contributed by atoms with Crippen molar-refractivity contribution in [2.75, 3.05) is 25.1 Å². The second kappa shape index (κ2) is 6.69. The Bertz CT molecular complexity index is 381. The predicted octanol–water partition coefficient (Wildman–Crippen LogP) is 1.95. The molecule has 0 aromatic carbocycles. The van der Waals surface area contributed by atoms with Gasteiger partial charge in [-0.3, -0.25) is 0 Å². The van der Waals surface area contributed by atoms with Gasteiger partial charge in [0, 0.05) is 31.5 Å². The second-order valence-corrected chi connectivity index (χ2v) is 5.04. The average Bonchev–Trinajstić information content (AvgIpc) is 2.43. The van der Waals surface area contributed by atoms with Gasteiger partial charge in [-0.25, -0.2) is 9.97 Å². The van der Waals surface area contributed by atoms with Gasteiger partial charge < -0.3 is 10.0 Å². The molecule has 0 spiro atoms. The largest absolute Gasteiger partial charge is 0.396 e. The lowest BCUT2D eigenvalue weighted by Gasteiger charge is -2.24. The number of hydrogen-bond acceptors (Lipinski definition) is 4. The van der Waals surface area contributed by atoms with E-state index in [0.717, 1.165) is 44.5 Å². The van der Waals surface area contributed by atoms with Gasteiger partial charge >= 0.3 is 0 Å². The van der Waals surface area contributed by atoms with E-state index in [2.05, 4.69) is 21.9 Å². The van der Waals surface area contributed by atoms with E-state index in [1.807, 2.05) is 0 Å². The van der Waals surface area contributed by atoms with Crippen molar-refractivity contribution in [3.63, 3.8) is 0 Å². The molecule has 1 heterocycles. The first kappa shape index (κ1) is 13.3. The van der Waals surface area contributed by atoms with Gasteiger partial charge in [0.25, 0.3) is 0 Å². The Morgan fingerprint density at radius 3 is 2.83 bits per heavy atom. The van der Waals surface area contributed by atoms with Crippen LogP contribution in [0.4, 0.5) is 5.82 Å². The number of fused-ring (bicyclic) bond motifs is 1. The highest BCUT2D eigenvalue weighted by Gasteiger charge is 2.17. The molecule has 0 unspecified atom stereocenters. The SMILES string of the molecule is CN(CCCCCO)c1ncnc2c1CCCC2. The number of unbranched alkanes of at least 4 members (excludes halogenated alkanes) is 2. The van der Waals surface area contributed by atoms with Crippen molar-refractivity contribution < 1.29 is 5.11 Å². The lowest BCUT2D eigenvalue weighted by Crippen LogP contribution is -2.23. The molecular weight excluding hydrogens is 226 g/mol. The van der Waals surface area contributed by atoms with Crippen molar-refractivity contribution in [1.82, 2.24) is 9.97 Å². The summed E-state index contributed by atoms with van der Waals surface area (Å²) < 4.78 is 0. The van der Waals surface area contributed by atoms with E-state index >= 15 is 0 Å². The summed E-state index contributed by atoms with van der Waals surface area (Å²) in [5, 5.41) is 8.77. The molecular formula is C14H23N3O. The van der Waals surface area contributed by atoms with E-state index < -0.39 is 0 Å². The third kappa shape index (κ3) is 3.19. The third-order valence-corrected chi connectivity index (χ3v) is 3.62. The minimum atomic E-state index is 0.298. The Kier molecular flexibility index (Phi) is 4.93. The Balaban J connectivity index is 1.99. The number of aliphatic hydroxyl groups is 1. The van der Waals surface area contributed by atoms with Crippen LogP contribution in [-0.2, 0) is 12.8 Å². The molecule has 0 bridgehead atoms. The first-order valence-corrected chi connectivity index (χ1v) is 6.97. The molecule has 0 saturated heterocycles. The monoisotopic (exact) mass is 249 g/mol. The van der Waals surface area contributed by atoms with Crippen molar-refractivity contribution in [2.24, 2.45) is 0 Å². The second-order valence-electron chi connectivity index (χ2n) is 5.04. The fraction of sp³-hybridized carbons (Fsp3) is 0.714. The first-order chi connectivity index (χ1) is 8.83. The maximum Gasteiger partial charge on any atom is 0.135 e. The summed E-state index contributed by atoms with van der Waals surface area (Å²) in [6.07, 6.45) is 9.51. The highest BCUT2D eigenvalue weighted by atomic mass is 16.2. The highest BCUT2D eigenvalue weighted by molar-refractivity contribution is 5.48. The molecule has 100 valence electrons. The summed E-state index contributed by atoms with van der Waals surface area (Å²) in [5.74, 6) is 1.11. The van der Waals surface area contributed by atoms with Crippen LogP contribution in [0.3, 0.4) is 0 Å². The molecule has 1 aromatic heterocycles. The highest BCUT2D eigenvalue weighted by Crippen LogP contribution is 2.26. The molecule has 4 heteroatoms. The molecule has 2 rings (SSSR count). The minimum Gasteiger partial charge on any atom is -0.396 e. The average molecular weight is 249 g/mol. The maximum atomic E-state index is 8.77. The van der Waals surface area contributed by atoms with E-state index in [1.165, 1.54) is 24.1 Å². The number of aromatic nitrogens is 2. The number of nitrogens with zero attached hydrogens (tertiary/aromatic N) is 3. The summed E-state index contributed by atoms with van der Waals surface area (Å²) in [6.45, 7) is 1.30. The fourth-order valence-corrected chi connectivity index (χ4v) is 2.58. The van der Waals surface area contributed by atoms with Gasteiger partial charge in [-0.05, 0) is 44.9 Å². The van der Waals surface area contributed by atoms with Crippen LogP contribution in [0.1, 0.15) is 43.4 Å². The summed E-state index contributed by atoms with van der Waals surface area (Å²) >= 11 is 0. The molecule has 0 amide bonds. The standard InChI is InChI=1S/C14H23N3O/c1-17(9-5-2-6-10-18)14-12-7-3-4-8-13(12)15-11-16-14/h11,18H,2-10H2,1H3. The van der Waals surface area contributed by atoms with Crippen LogP contribution in [0.5, 0.6) is 0 Å². The third-order valence-electron chi connectivity index (χ3n) is 3.62. The van der Waals surface area contributed by atoms with Crippen LogP contribution in [-0.4, -0.2) is 35.3 Å². The van der Waals surface area contributed by atoms with Crippen LogP contribution < -0.4 is 4.90 Å². The number of aryl methyl sites for hydroxylation is 1. The molecule has 0 saturated carbocycles. The molecule has 0 atom stereocenters. The van der Waals surface area contributed by atoms with E-state index in [4.69, 9.17) is 5.11 Å². The molecule has 0 aliphatic heterocycles. The van der Waals surface area contributed by atoms with Gasteiger partial charge in [0.05, 0.1) is 0 Å². The van der Waals surface area contributed by atoms with Gasteiger partial charge in [0.15, 0.2) is 0 Å². The van der Waals surface area contributed by atoms with Gasteiger partial charge in [-0.15, -0.1) is 0 Å². The number of hydrogen-bond donors (Lipinski definition) is 1. The summed E-state index contributed by atoms with van der Waals surface area (Å²) in [6, 6.07) is 0. The van der Waals surface area contributed by atoms with Crippen molar-refractivity contribution >= 4 is 5.82 Å². The summed E-state index contributed by atoms with van der Waals surface area (Å²) in [7, 11) is 2.11. The zero-order valence-electron chi connectivity index (χ0n) is 11.2. The minimum absolute atomic E-state index is 0.298. The van der Waals surface area contributed by atoms with Crippen LogP contribution in [0.2, 0.25) is 0 Å². The number of rotatable bonds is 6. The molecule has 1 N–H and O–H groups in total. The molecule has 4 nitrogen and oxygen atoms in total. The Morgan fingerprint density at radius 1 is 1.17 bits per heavy atom. The van der Waals surface area contributed by atoms with Gasteiger partial charge in [0.1, 0.15) is 12.1 Å². The molecule has 1 aromatic rings. The Morgan fingerprint density at radius 2 is 2.00 bits per heavy atom. The summed E-state index contributed by atoms with van der Waals surface area (Å²) in [4.78, 5) is 11.1. The van der Waals surface area contributed by atoms with E-state index in [0.29, 0.717) is 6.61 Å². The smallest absolute Gasteiger partial charge is 0.135 e. The number of anilines is 1. The van der Waals surface area contributed by atoms with Crippen molar-refractivity contribution in [1.29, 1.82) is 0 Å². The Labute approximate surface area is 109 Å². The van der Waals surface area contributed by atoms with Crippen LogP contribution in [0, 0.1) is 0 Å². The molecule has 18 heavy (non-hydrogen) atoms. The van der Waals surface area contributed by atoms with Crippen molar-refractivity contribution in [2.45, 2.75) is 44.9 Å². The van der Waals surface area contributed by atoms with Gasteiger partial charge in [-0.1, -0.05) is 0 Å². The van der Waals surface area contributed by atoms with Crippen molar-refractivity contribution in [3.8, 4) is 0 Å². The topological polar surface area (TPSA) is 49.2 Å². The van der Waals surface area contributed by atoms with Gasteiger partial charge in [0.2, 0.25) is 0 Å².